The van der Waals surface area contributed by atoms with Crippen LogP contribution in [0.15, 0.2) is 48.1 Å². The molecule has 3 rings (SSSR count). The number of nitrogens with zero attached hydrogens (tertiary/aromatic N) is 2. The Hall–Kier alpha value is -1.98. The molecule has 0 spiro atoms. The van der Waals surface area contributed by atoms with Crippen LogP contribution in [0.25, 0.3) is 4.96 Å². The monoisotopic (exact) mass is 286 g/mol. The Bertz CT molecular complexity index is 689. The molecule has 20 heavy (non-hydrogen) atoms. The first-order chi connectivity index (χ1) is 9.78. The van der Waals surface area contributed by atoms with Crippen molar-refractivity contribution >= 4 is 22.1 Å². The van der Waals surface area contributed by atoms with Gasteiger partial charge in [-0.3, -0.25) is 9.20 Å². The number of rotatable bonds is 5. The Balaban J connectivity index is 1.79. The minimum Gasteiger partial charge on any atom is -0.369 e. The van der Waals surface area contributed by atoms with Gasteiger partial charge in [-0.2, -0.15) is 0 Å². The number of methoxy groups -OCH3 is 1. The fourth-order valence-electron chi connectivity index (χ4n) is 2.21. The quantitative estimate of drug-likeness (QED) is 0.724. The zero-order valence-electron chi connectivity index (χ0n) is 11.0. The molecular weight excluding hydrogens is 272 g/mol. The van der Waals surface area contributed by atoms with Crippen LogP contribution in [-0.4, -0.2) is 22.3 Å². The molecule has 0 fully saturated rings. The highest BCUT2D eigenvalue weighted by Crippen LogP contribution is 2.20. The number of carbonyl (C=O) groups is 1. The average Bonchev–Trinajstić information content (AvgIpc) is 3.01. The van der Waals surface area contributed by atoms with Gasteiger partial charge in [0, 0.05) is 24.9 Å². The molecule has 0 amide bonds. The fourth-order valence-corrected chi connectivity index (χ4v) is 2.93. The summed E-state index contributed by atoms with van der Waals surface area (Å²) in [5, 5.41) is 1.97. The molecule has 0 saturated carbocycles. The summed E-state index contributed by atoms with van der Waals surface area (Å²) in [5.41, 5.74) is 1.65. The van der Waals surface area contributed by atoms with Gasteiger partial charge in [0.25, 0.3) is 0 Å². The standard InChI is InChI=1S/C15H14N2O2S/c1-19-14(11-5-3-2-4-6-11)13(18)9-12-10-17-7-8-20-15(17)16-12/h2-8,10,14H,9H2,1H3. The molecule has 0 aliphatic carbocycles. The molecule has 0 N–H and O–H groups in total. The van der Waals surface area contributed by atoms with Crippen molar-refractivity contribution < 1.29 is 9.53 Å². The smallest absolute Gasteiger partial charge is 0.193 e. The summed E-state index contributed by atoms with van der Waals surface area (Å²) >= 11 is 1.56. The van der Waals surface area contributed by atoms with Crippen molar-refractivity contribution in [3.05, 3.63) is 59.4 Å². The van der Waals surface area contributed by atoms with Gasteiger partial charge in [-0.05, 0) is 5.56 Å². The van der Waals surface area contributed by atoms with Crippen molar-refractivity contribution in [2.24, 2.45) is 0 Å². The van der Waals surface area contributed by atoms with Crippen LogP contribution in [0, 0.1) is 0 Å². The number of ether oxygens (including phenoxy) is 1. The van der Waals surface area contributed by atoms with E-state index in [1.54, 1.807) is 18.4 Å². The van der Waals surface area contributed by atoms with E-state index in [0.717, 1.165) is 16.2 Å². The molecule has 0 radical (unpaired) electrons. The van der Waals surface area contributed by atoms with Crippen LogP contribution in [0.5, 0.6) is 0 Å². The summed E-state index contributed by atoms with van der Waals surface area (Å²) in [7, 11) is 1.56. The molecule has 4 nitrogen and oxygen atoms in total. The molecule has 0 saturated heterocycles. The second-order valence-corrected chi connectivity index (χ2v) is 5.37. The molecular formula is C15H14N2O2S. The lowest BCUT2D eigenvalue weighted by molar-refractivity contribution is -0.128. The van der Waals surface area contributed by atoms with E-state index in [1.165, 1.54) is 0 Å². The number of thiazole rings is 1. The molecule has 1 atom stereocenters. The third kappa shape index (κ3) is 2.50. The first kappa shape index (κ1) is 13.0. The number of aromatic nitrogens is 2. The fraction of sp³-hybridized carbons (Fsp3) is 0.200. The Kier molecular flexibility index (Phi) is 3.62. The van der Waals surface area contributed by atoms with E-state index >= 15 is 0 Å². The molecule has 1 unspecified atom stereocenters. The number of fused-ring (bicyclic) bond motifs is 1. The third-order valence-corrected chi connectivity index (χ3v) is 3.90. The van der Waals surface area contributed by atoms with Gasteiger partial charge in [0.1, 0.15) is 6.10 Å². The summed E-state index contributed by atoms with van der Waals surface area (Å²) in [5.74, 6) is 0.0180. The van der Waals surface area contributed by atoms with Gasteiger partial charge in [0.05, 0.1) is 12.1 Å². The van der Waals surface area contributed by atoms with E-state index in [4.69, 9.17) is 4.74 Å². The van der Waals surface area contributed by atoms with Gasteiger partial charge in [-0.25, -0.2) is 4.98 Å². The first-order valence-corrected chi connectivity index (χ1v) is 7.17. The summed E-state index contributed by atoms with van der Waals surface area (Å²) in [6, 6.07) is 9.53. The largest absolute Gasteiger partial charge is 0.369 e. The van der Waals surface area contributed by atoms with Crippen LogP contribution >= 0.6 is 11.3 Å². The number of Topliss-reactive ketones (excluding diaryl/α,β-unsaturated/α-hetero) is 1. The molecule has 2 heterocycles. The lowest BCUT2D eigenvalue weighted by atomic mass is 10.0. The lowest BCUT2D eigenvalue weighted by Crippen LogP contribution is -2.17. The van der Waals surface area contributed by atoms with Crippen molar-refractivity contribution in [3.8, 4) is 0 Å². The normalized spacial score (nSPS) is 12.7. The molecule has 1 aromatic carbocycles. The van der Waals surface area contributed by atoms with E-state index in [2.05, 4.69) is 4.98 Å². The Morgan fingerprint density at radius 1 is 1.40 bits per heavy atom. The summed E-state index contributed by atoms with van der Waals surface area (Å²) in [6.45, 7) is 0. The highest BCUT2D eigenvalue weighted by molar-refractivity contribution is 7.15. The number of imidazole rings is 1. The highest BCUT2D eigenvalue weighted by Gasteiger charge is 2.21. The predicted octanol–water partition coefficient (Wildman–Crippen LogP) is 2.90. The zero-order valence-corrected chi connectivity index (χ0v) is 11.8. The van der Waals surface area contributed by atoms with Gasteiger partial charge in [0.2, 0.25) is 0 Å². The van der Waals surface area contributed by atoms with Crippen molar-refractivity contribution in [1.29, 1.82) is 0 Å². The molecule has 3 aromatic rings. The highest BCUT2D eigenvalue weighted by atomic mass is 32.1. The van der Waals surface area contributed by atoms with Gasteiger partial charge >= 0.3 is 0 Å². The van der Waals surface area contributed by atoms with E-state index in [1.807, 2.05) is 52.5 Å². The summed E-state index contributed by atoms with van der Waals surface area (Å²) in [6.07, 6.45) is 3.57. The number of hydrogen-bond acceptors (Lipinski definition) is 4. The molecule has 0 aliphatic rings. The van der Waals surface area contributed by atoms with Gasteiger partial charge < -0.3 is 4.74 Å². The van der Waals surface area contributed by atoms with Gasteiger partial charge in [-0.15, -0.1) is 11.3 Å². The van der Waals surface area contributed by atoms with Crippen molar-refractivity contribution in [1.82, 2.24) is 9.38 Å². The van der Waals surface area contributed by atoms with Crippen molar-refractivity contribution in [3.63, 3.8) is 0 Å². The lowest BCUT2D eigenvalue weighted by Gasteiger charge is -2.13. The number of ketones is 1. The minimum absolute atomic E-state index is 0.0180. The molecule has 2 aromatic heterocycles. The Morgan fingerprint density at radius 3 is 2.90 bits per heavy atom. The van der Waals surface area contributed by atoms with Crippen LogP contribution in [0.2, 0.25) is 0 Å². The van der Waals surface area contributed by atoms with Crippen LogP contribution in [0.1, 0.15) is 17.4 Å². The number of hydrogen-bond donors (Lipinski definition) is 0. The molecule has 102 valence electrons. The Labute approximate surface area is 120 Å². The number of benzene rings is 1. The maximum Gasteiger partial charge on any atom is 0.193 e. The van der Waals surface area contributed by atoms with Crippen LogP contribution in [0.4, 0.5) is 0 Å². The number of carbonyl (C=O) groups excluding carboxylic acids is 1. The second kappa shape index (κ2) is 5.56. The Morgan fingerprint density at radius 2 is 2.20 bits per heavy atom. The van der Waals surface area contributed by atoms with Crippen LogP contribution < -0.4 is 0 Å². The topological polar surface area (TPSA) is 43.6 Å². The zero-order chi connectivity index (χ0) is 13.9. The second-order valence-electron chi connectivity index (χ2n) is 4.49. The maximum atomic E-state index is 12.4. The van der Waals surface area contributed by atoms with Gasteiger partial charge in [0.15, 0.2) is 10.7 Å². The molecule has 0 bridgehead atoms. The van der Waals surface area contributed by atoms with Crippen molar-refractivity contribution in [2.45, 2.75) is 12.5 Å². The van der Waals surface area contributed by atoms with E-state index in [-0.39, 0.29) is 12.2 Å². The summed E-state index contributed by atoms with van der Waals surface area (Å²) in [4.78, 5) is 17.7. The SMILES string of the molecule is COC(C(=O)Cc1cn2ccsc2n1)c1ccccc1. The van der Waals surface area contributed by atoms with E-state index in [0.29, 0.717) is 0 Å². The third-order valence-electron chi connectivity index (χ3n) is 3.13. The average molecular weight is 286 g/mol. The van der Waals surface area contributed by atoms with Crippen LogP contribution in [0.3, 0.4) is 0 Å². The first-order valence-electron chi connectivity index (χ1n) is 6.29. The minimum atomic E-state index is -0.532. The predicted molar refractivity (Wildman–Crippen MR) is 78.0 cm³/mol. The molecule has 5 heteroatoms. The summed E-state index contributed by atoms with van der Waals surface area (Å²) < 4.78 is 7.27. The van der Waals surface area contributed by atoms with Crippen LogP contribution in [-0.2, 0) is 16.0 Å². The van der Waals surface area contributed by atoms with Crippen molar-refractivity contribution in [2.75, 3.05) is 7.11 Å². The van der Waals surface area contributed by atoms with E-state index in [9.17, 15) is 4.79 Å². The molecule has 0 aliphatic heterocycles. The maximum absolute atomic E-state index is 12.4. The van der Waals surface area contributed by atoms with Gasteiger partial charge in [-0.1, -0.05) is 30.3 Å². The van der Waals surface area contributed by atoms with E-state index < -0.39 is 6.10 Å².